The molecule has 0 amide bonds. The highest BCUT2D eigenvalue weighted by Crippen LogP contribution is 2.45. The number of anilines is 1. The lowest BCUT2D eigenvalue weighted by molar-refractivity contribution is 0.105. The van der Waals surface area contributed by atoms with Crippen molar-refractivity contribution in [3.8, 4) is 17.7 Å². The van der Waals surface area contributed by atoms with Crippen LogP contribution in [0.3, 0.4) is 0 Å². The molecule has 2 aromatic carbocycles. The molecule has 174 valence electrons. The summed E-state index contributed by atoms with van der Waals surface area (Å²) in [5.41, 5.74) is 1.94. The lowest BCUT2D eigenvalue weighted by Gasteiger charge is -2.10. The van der Waals surface area contributed by atoms with E-state index >= 15 is 0 Å². The van der Waals surface area contributed by atoms with Crippen molar-refractivity contribution in [2.45, 2.75) is 38.0 Å². The lowest BCUT2D eigenvalue weighted by atomic mass is 10.1. The zero-order valence-electron chi connectivity index (χ0n) is 19.7. The fourth-order valence-electron chi connectivity index (χ4n) is 3.62. The van der Waals surface area contributed by atoms with Crippen molar-refractivity contribution in [1.82, 2.24) is 4.57 Å². The molecular formula is C27H26N2O3S2. The molecule has 5 nitrogen and oxygen atoms in total. The molecule has 3 aromatic rings. The molecule has 0 aliphatic carbocycles. The number of fused-ring (bicyclic) bond motifs is 1. The Bertz CT molecular complexity index is 1470. The lowest BCUT2D eigenvalue weighted by Crippen LogP contribution is -2.32. The third-order valence-corrected chi connectivity index (χ3v) is 8.19. The number of unbranched alkanes of at least 4 members (excludes halogenated alkanes) is 2. The van der Waals surface area contributed by atoms with Crippen molar-refractivity contribution in [1.29, 1.82) is 0 Å². The van der Waals surface area contributed by atoms with Gasteiger partial charge in [-0.15, -0.1) is 11.3 Å². The molecule has 7 heteroatoms. The first-order valence-corrected chi connectivity index (χ1v) is 12.7. The average molecular weight is 491 g/mol. The fourth-order valence-corrected chi connectivity index (χ4v) is 5.96. The standard InChI is InChI=1S/C27H26N2O3S2/c1-5-6-7-10-17-29-21-11-8-9-12-22(21)33-27(29)24-25(31)28(3)26(34-24)18(2)23(30)19-13-15-20(32-4)16-14-19/h8-9,11-16H,5-7H2,1-4H3. The number of carbonyl (C=O) groups excluding carboxylic acids is 1. The SMILES string of the molecule is CCCCC#CN1C(=c2sc(=C(C)C(=O)c3ccc(OC)cc3)n(C)c2=O)Sc2ccccc21. The number of hydrogen-bond acceptors (Lipinski definition) is 6. The molecule has 34 heavy (non-hydrogen) atoms. The van der Waals surface area contributed by atoms with E-state index in [2.05, 4.69) is 18.9 Å². The predicted molar refractivity (Wildman–Crippen MR) is 141 cm³/mol. The molecule has 1 aliphatic rings. The second-order valence-electron chi connectivity index (χ2n) is 7.89. The van der Waals surface area contributed by atoms with Crippen LogP contribution < -0.4 is 24.4 Å². The van der Waals surface area contributed by atoms with Crippen molar-refractivity contribution in [3.05, 3.63) is 73.6 Å². The molecule has 1 aliphatic heterocycles. The summed E-state index contributed by atoms with van der Waals surface area (Å²) >= 11 is 2.89. The monoisotopic (exact) mass is 490 g/mol. The third-order valence-electron chi connectivity index (χ3n) is 5.57. The van der Waals surface area contributed by atoms with Gasteiger partial charge in [0.05, 0.1) is 12.8 Å². The van der Waals surface area contributed by atoms with Crippen molar-refractivity contribution < 1.29 is 9.53 Å². The van der Waals surface area contributed by atoms with E-state index in [0.717, 1.165) is 34.9 Å². The number of methoxy groups -OCH3 is 1. The molecule has 0 atom stereocenters. The van der Waals surface area contributed by atoms with Gasteiger partial charge in [-0.05, 0) is 49.7 Å². The first-order valence-electron chi connectivity index (χ1n) is 11.1. The number of thioether (sulfide) groups is 1. The van der Waals surface area contributed by atoms with E-state index in [0.29, 0.717) is 26.1 Å². The van der Waals surface area contributed by atoms with Crippen LogP contribution in [0.5, 0.6) is 5.75 Å². The Hall–Kier alpha value is -3.21. The molecule has 1 aromatic heterocycles. The number of ketones is 1. The summed E-state index contributed by atoms with van der Waals surface area (Å²) in [6, 6.07) is 18.3. The number of benzene rings is 2. The number of aromatic nitrogens is 1. The minimum atomic E-state index is -0.127. The maximum Gasteiger partial charge on any atom is 0.271 e. The highest BCUT2D eigenvalue weighted by Gasteiger charge is 2.26. The van der Waals surface area contributed by atoms with Crippen LogP contribution >= 0.6 is 23.1 Å². The smallest absolute Gasteiger partial charge is 0.271 e. The number of nitrogens with zero attached hydrogens (tertiary/aromatic N) is 2. The van der Waals surface area contributed by atoms with Crippen LogP contribution in [0.1, 0.15) is 43.5 Å². The Morgan fingerprint density at radius 3 is 2.56 bits per heavy atom. The molecule has 2 heterocycles. The Balaban J connectivity index is 1.85. The Labute approximate surface area is 207 Å². The van der Waals surface area contributed by atoms with E-state index in [4.69, 9.17) is 4.74 Å². The molecule has 0 saturated carbocycles. The molecule has 0 spiro atoms. The zero-order valence-corrected chi connectivity index (χ0v) is 21.3. The number of rotatable bonds is 5. The summed E-state index contributed by atoms with van der Waals surface area (Å²) < 4.78 is 7.98. The van der Waals surface area contributed by atoms with Crippen LogP contribution in [-0.4, -0.2) is 17.5 Å². The van der Waals surface area contributed by atoms with E-state index in [1.807, 2.05) is 29.2 Å². The van der Waals surface area contributed by atoms with Crippen LogP contribution in [0.15, 0.2) is 58.2 Å². The molecular weight excluding hydrogens is 464 g/mol. The Kier molecular flexibility index (Phi) is 7.30. The normalized spacial score (nSPS) is 14.9. The number of Topliss-reactive ketones (excluding diaryl/α,β-unsaturated/α-hetero) is 1. The van der Waals surface area contributed by atoms with E-state index in [-0.39, 0.29) is 11.3 Å². The van der Waals surface area contributed by atoms with Crippen LogP contribution in [0.2, 0.25) is 0 Å². The molecule has 0 N–H and O–H groups in total. The number of hydrogen-bond donors (Lipinski definition) is 0. The van der Waals surface area contributed by atoms with Gasteiger partial charge in [0.25, 0.3) is 5.56 Å². The molecule has 4 rings (SSSR count). The van der Waals surface area contributed by atoms with Gasteiger partial charge < -0.3 is 9.30 Å². The van der Waals surface area contributed by atoms with Gasteiger partial charge in [0, 0.05) is 35.5 Å². The topological polar surface area (TPSA) is 51.5 Å². The van der Waals surface area contributed by atoms with Crippen LogP contribution in [0, 0.1) is 12.0 Å². The molecule has 0 bridgehead atoms. The van der Waals surface area contributed by atoms with Gasteiger partial charge >= 0.3 is 0 Å². The van der Waals surface area contributed by atoms with Crippen molar-refractivity contribution in [2.75, 3.05) is 12.0 Å². The van der Waals surface area contributed by atoms with Gasteiger partial charge in [-0.1, -0.05) is 43.2 Å². The van der Waals surface area contributed by atoms with Crippen molar-refractivity contribution >= 4 is 45.2 Å². The molecule has 0 saturated heterocycles. The zero-order chi connectivity index (χ0) is 24.2. The first-order chi connectivity index (χ1) is 16.5. The quantitative estimate of drug-likeness (QED) is 0.303. The molecule has 0 radical (unpaired) electrons. The van der Waals surface area contributed by atoms with E-state index in [9.17, 15) is 9.59 Å². The van der Waals surface area contributed by atoms with E-state index in [1.165, 1.54) is 11.3 Å². The summed E-state index contributed by atoms with van der Waals surface area (Å²) in [6.45, 7) is 3.91. The summed E-state index contributed by atoms with van der Waals surface area (Å²) in [7, 11) is 3.30. The van der Waals surface area contributed by atoms with Gasteiger partial charge in [-0.3, -0.25) is 14.5 Å². The summed E-state index contributed by atoms with van der Waals surface area (Å²) in [5.74, 6) is 3.82. The van der Waals surface area contributed by atoms with Crippen molar-refractivity contribution in [2.24, 2.45) is 7.05 Å². The van der Waals surface area contributed by atoms with Crippen LogP contribution in [0.25, 0.3) is 10.6 Å². The van der Waals surface area contributed by atoms with Gasteiger partial charge in [0.2, 0.25) is 0 Å². The summed E-state index contributed by atoms with van der Waals surface area (Å²) in [4.78, 5) is 29.5. The van der Waals surface area contributed by atoms with Gasteiger partial charge in [0.1, 0.15) is 20.0 Å². The summed E-state index contributed by atoms with van der Waals surface area (Å²) in [6.07, 6.45) is 2.93. The average Bonchev–Trinajstić information content (AvgIpc) is 3.38. The number of ether oxygens (including phenoxy) is 1. The second kappa shape index (κ2) is 10.4. The maximum absolute atomic E-state index is 13.3. The minimum absolute atomic E-state index is 0.116. The van der Waals surface area contributed by atoms with Crippen molar-refractivity contribution in [3.63, 3.8) is 0 Å². The minimum Gasteiger partial charge on any atom is -0.497 e. The van der Waals surface area contributed by atoms with Gasteiger partial charge in [0.15, 0.2) is 5.78 Å². The van der Waals surface area contributed by atoms with Gasteiger partial charge in [-0.2, -0.15) is 0 Å². The van der Waals surface area contributed by atoms with E-state index < -0.39 is 0 Å². The molecule has 0 unspecified atom stereocenters. The van der Waals surface area contributed by atoms with Gasteiger partial charge in [-0.25, -0.2) is 0 Å². The largest absolute Gasteiger partial charge is 0.497 e. The predicted octanol–water partition coefficient (Wildman–Crippen LogP) is 4.34. The third kappa shape index (κ3) is 4.56. The number of thiazole rings is 1. The first kappa shape index (κ1) is 23.9. The Morgan fingerprint density at radius 1 is 1.12 bits per heavy atom. The Morgan fingerprint density at radius 2 is 1.85 bits per heavy atom. The fraction of sp³-hybridized carbons (Fsp3) is 0.259. The molecule has 0 fully saturated rings. The number of carbonyl (C=O) groups is 1. The van der Waals surface area contributed by atoms with E-state index in [1.54, 1.807) is 61.7 Å². The second-order valence-corrected chi connectivity index (χ2v) is 9.92. The maximum atomic E-state index is 13.3. The highest BCUT2D eigenvalue weighted by molar-refractivity contribution is 8.08. The highest BCUT2D eigenvalue weighted by atomic mass is 32.2. The summed E-state index contributed by atoms with van der Waals surface area (Å²) in [5, 5.41) is 0.798. The number of para-hydroxylation sites is 1. The van der Waals surface area contributed by atoms with Crippen LogP contribution in [0.4, 0.5) is 5.69 Å². The van der Waals surface area contributed by atoms with Crippen LogP contribution in [-0.2, 0) is 7.05 Å².